The van der Waals surface area contributed by atoms with Gasteiger partial charge in [-0.3, -0.25) is 9.59 Å². The third-order valence-electron chi connectivity index (χ3n) is 4.40. The molecule has 0 atom stereocenters. The summed E-state index contributed by atoms with van der Waals surface area (Å²) < 4.78 is 0. The van der Waals surface area contributed by atoms with Crippen LogP contribution in [0.15, 0.2) is 18.2 Å². The minimum absolute atomic E-state index is 0. The first-order valence-electron chi connectivity index (χ1n) is 9.09. The Bertz CT molecular complexity index is 592. The number of halogens is 1. The average Bonchev–Trinajstić information content (AvgIpc) is 2.63. The number of hydrogen-bond acceptors (Lipinski definition) is 4. The zero-order chi connectivity index (χ0) is 18.1. The van der Waals surface area contributed by atoms with Crippen LogP contribution in [-0.4, -0.2) is 47.9 Å². The topological polar surface area (TPSA) is 75.4 Å². The number of carbonyl (C=O) groups is 2. The van der Waals surface area contributed by atoms with Crippen LogP contribution < -0.4 is 11.1 Å². The van der Waals surface area contributed by atoms with Gasteiger partial charge in [-0.05, 0) is 50.1 Å². The minimum atomic E-state index is 0. The lowest BCUT2D eigenvalue weighted by Crippen LogP contribution is -2.37. The molecule has 0 spiro atoms. The number of carbonyl (C=O) groups excluding carboxylic acids is 2. The van der Waals surface area contributed by atoms with Crippen molar-refractivity contribution in [2.75, 3.05) is 36.5 Å². The number of hydrogen-bond donors (Lipinski definition) is 2. The fourth-order valence-electron chi connectivity index (χ4n) is 2.88. The van der Waals surface area contributed by atoms with Gasteiger partial charge in [-0.1, -0.05) is 12.8 Å². The number of nitrogens with zero attached hydrogens (tertiary/aromatic N) is 1. The van der Waals surface area contributed by atoms with E-state index in [-0.39, 0.29) is 24.2 Å². The zero-order valence-electron chi connectivity index (χ0n) is 15.5. The Kier molecular flexibility index (Phi) is 10.7. The Balaban J connectivity index is 0.00000338. The second-order valence-electron chi connectivity index (χ2n) is 6.44. The van der Waals surface area contributed by atoms with Gasteiger partial charge in [-0.25, -0.2) is 0 Å². The van der Waals surface area contributed by atoms with Gasteiger partial charge in [-0.2, -0.15) is 11.8 Å². The van der Waals surface area contributed by atoms with Crippen LogP contribution in [-0.2, 0) is 4.79 Å². The highest BCUT2D eigenvalue weighted by Crippen LogP contribution is 2.20. The molecule has 5 nitrogen and oxygen atoms in total. The fourth-order valence-corrected chi connectivity index (χ4v) is 3.79. The van der Waals surface area contributed by atoms with Crippen LogP contribution in [0.2, 0.25) is 0 Å². The Labute approximate surface area is 166 Å². The quantitative estimate of drug-likeness (QED) is 0.656. The SMILES string of the molecule is Cc1cc(C(=O)N2CCSCC2)ccc1NC(=O)CCCCCCN.Cl. The highest BCUT2D eigenvalue weighted by atomic mass is 35.5. The predicted octanol–water partition coefficient (Wildman–Crippen LogP) is 3.45. The number of amides is 2. The van der Waals surface area contributed by atoms with E-state index in [4.69, 9.17) is 5.73 Å². The van der Waals surface area contributed by atoms with E-state index in [1.165, 1.54) is 0 Å². The molecular formula is C19H30ClN3O2S. The Morgan fingerprint density at radius 2 is 1.85 bits per heavy atom. The monoisotopic (exact) mass is 399 g/mol. The summed E-state index contributed by atoms with van der Waals surface area (Å²) in [4.78, 5) is 26.5. The van der Waals surface area contributed by atoms with E-state index in [0.717, 1.165) is 61.5 Å². The number of thioether (sulfide) groups is 1. The Morgan fingerprint density at radius 1 is 1.15 bits per heavy atom. The van der Waals surface area contributed by atoms with Gasteiger partial charge in [0.15, 0.2) is 0 Å². The third kappa shape index (κ3) is 7.17. The molecule has 3 N–H and O–H groups in total. The summed E-state index contributed by atoms with van der Waals surface area (Å²) in [7, 11) is 0. The molecule has 1 fully saturated rings. The highest BCUT2D eigenvalue weighted by Gasteiger charge is 2.19. The second-order valence-corrected chi connectivity index (χ2v) is 7.66. The molecule has 0 aliphatic carbocycles. The summed E-state index contributed by atoms with van der Waals surface area (Å²) >= 11 is 1.89. The smallest absolute Gasteiger partial charge is 0.253 e. The summed E-state index contributed by atoms with van der Waals surface area (Å²) in [5, 5.41) is 2.95. The standard InChI is InChI=1S/C19H29N3O2S.ClH/c1-15-14-16(19(24)22-10-12-25-13-11-22)7-8-17(15)21-18(23)6-4-2-3-5-9-20;/h7-8,14H,2-6,9-13,20H2,1H3,(H,21,23);1H. The van der Waals surface area contributed by atoms with Crippen molar-refractivity contribution in [3.05, 3.63) is 29.3 Å². The van der Waals surface area contributed by atoms with Crippen molar-refractivity contribution in [2.24, 2.45) is 5.73 Å². The van der Waals surface area contributed by atoms with Crippen LogP contribution in [0.3, 0.4) is 0 Å². The molecule has 7 heteroatoms. The number of benzene rings is 1. The lowest BCUT2D eigenvalue weighted by molar-refractivity contribution is -0.116. The molecule has 1 aliphatic rings. The van der Waals surface area contributed by atoms with Gasteiger partial charge >= 0.3 is 0 Å². The van der Waals surface area contributed by atoms with Gasteiger partial charge in [0.1, 0.15) is 0 Å². The van der Waals surface area contributed by atoms with Crippen LogP contribution >= 0.6 is 24.2 Å². The summed E-state index contributed by atoms with van der Waals surface area (Å²) in [5.74, 6) is 2.12. The molecule has 1 saturated heterocycles. The van der Waals surface area contributed by atoms with Crippen LogP contribution in [0.1, 0.15) is 48.0 Å². The van der Waals surface area contributed by atoms with Crippen molar-refractivity contribution < 1.29 is 9.59 Å². The van der Waals surface area contributed by atoms with Crippen LogP contribution in [0, 0.1) is 6.92 Å². The average molecular weight is 400 g/mol. The van der Waals surface area contributed by atoms with Gasteiger partial charge in [0.25, 0.3) is 5.91 Å². The summed E-state index contributed by atoms with van der Waals surface area (Å²) in [5.41, 5.74) is 7.88. The first kappa shape index (κ1) is 22.8. The molecule has 26 heavy (non-hydrogen) atoms. The molecule has 0 radical (unpaired) electrons. The van der Waals surface area contributed by atoms with E-state index in [2.05, 4.69) is 5.32 Å². The highest BCUT2D eigenvalue weighted by molar-refractivity contribution is 7.99. The molecule has 2 amide bonds. The van der Waals surface area contributed by atoms with Gasteiger partial charge in [-0.15, -0.1) is 12.4 Å². The van der Waals surface area contributed by atoms with Gasteiger partial charge < -0.3 is 16.0 Å². The molecule has 0 unspecified atom stereocenters. The maximum absolute atomic E-state index is 12.5. The summed E-state index contributed by atoms with van der Waals surface area (Å²) in [6.07, 6.45) is 4.54. The lowest BCUT2D eigenvalue weighted by Gasteiger charge is -2.26. The van der Waals surface area contributed by atoms with E-state index in [1.54, 1.807) is 0 Å². The molecule has 146 valence electrons. The molecule has 1 aromatic carbocycles. The van der Waals surface area contributed by atoms with E-state index in [9.17, 15) is 9.59 Å². The largest absolute Gasteiger partial charge is 0.337 e. The number of anilines is 1. The lowest BCUT2D eigenvalue weighted by atomic mass is 10.1. The molecule has 1 heterocycles. The van der Waals surface area contributed by atoms with Crippen molar-refractivity contribution in [3.8, 4) is 0 Å². The fraction of sp³-hybridized carbons (Fsp3) is 0.579. The van der Waals surface area contributed by atoms with E-state index >= 15 is 0 Å². The first-order chi connectivity index (χ1) is 12.1. The van der Waals surface area contributed by atoms with Gasteiger partial charge in [0.2, 0.25) is 5.91 Å². The molecule has 0 bridgehead atoms. The maximum atomic E-state index is 12.5. The number of nitrogens with two attached hydrogens (primary N) is 1. The molecule has 2 rings (SSSR count). The molecular weight excluding hydrogens is 370 g/mol. The third-order valence-corrected chi connectivity index (χ3v) is 5.35. The van der Waals surface area contributed by atoms with Crippen LogP contribution in [0.25, 0.3) is 0 Å². The second kappa shape index (κ2) is 12.2. The van der Waals surface area contributed by atoms with E-state index in [1.807, 2.05) is 41.8 Å². The number of aryl methyl sites for hydroxylation is 1. The zero-order valence-corrected chi connectivity index (χ0v) is 17.1. The van der Waals surface area contributed by atoms with Crippen molar-refractivity contribution >= 4 is 41.7 Å². The van der Waals surface area contributed by atoms with Gasteiger partial charge in [0.05, 0.1) is 0 Å². The van der Waals surface area contributed by atoms with Crippen LogP contribution in [0.4, 0.5) is 5.69 Å². The molecule has 1 aliphatic heterocycles. The summed E-state index contributed by atoms with van der Waals surface area (Å²) in [6, 6.07) is 5.53. The maximum Gasteiger partial charge on any atom is 0.253 e. The number of rotatable bonds is 8. The first-order valence-corrected chi connectivity index (χ1v) is 10.2. The van der Waals surface area contributed by atoms with Crippen molar-refractivity contribution in [2.45, 2.75) is 39.0 Å². The molecule has 0 aromatic heterocycles. The number of unbranched alkanes of at least 4 members (excludes halogenated alkanes) is 3. The Morgan fingerprint density at radius 3 is 2.50 bits per heavy atom. The van der Waals surface area contributed by atoms with Crippen LogP contribution in [0.5, 0.6) is 0 Å². The Hall–Kier alpha value is -1.24. The number of nitrogens with one attached hydrogen (secondary N) is 1. The van der Waals surface area contributed by atoms with Crippen molar-refractivity contribution in [1.29, 1.82) is 0 Å². The molecule has 1 aromatic rings. The van der Waals surface area contributed by atoms with Crippen molar-refractivity contribution in [1.82, 2.24) is 4.90 Å². The van der Waals surface area contributed by atoms with E-state index < -0.39 is 0 Å². The van der Waals surface area contributed by atoms with Crippen molar-refractivity contribution in [3.63, 3.8) is 0 Å². The van der Waals surface area contributed by atoms with Gasteiger partial charge in [0, 0.05) is 42.3 Å². The predicted molar refractivity (Wildman–Crippen MR) is 112 cm³/mol. The minimum Gasteiger partial charge on any atom is -0.337 e. The summed E-state index contributed by atoms with van der Waals surface area (Å²) in [6.45, 7) is 4.27. The molecule has 0 saturated carbocycles. The normalized spacial score (nSPS) is 13.8. The van der Waals surface area contributed by atoms with E-state index in [0.29, 0.717) is 18.5 Å².